The van der Waals surface area contributed by atoms with Gasteiger partial charge in [0.15, 0.2) is 23.0 Å². The Kier molecular flexibility index (Phi) is 7.06. The third-order valence-electron chi connectivity index (χ3n) is 1.90. The molecule has 1 rings (SSSR count). The van der Waals surface area contributed by atoms with E-state index >= 15 is 0 Å². The number of hydrogen-bond donors (Lipinski definition) is 3. The fraction of sp³-hybridized carbons (Fsp3) is 0.455. The van der Waals surface area contributed by atoms with Crippen LogP contribution in [0.25, 0.3) is 0 Å². The lowest BCUT2D eigenvalue weighted by Crippen LogP contribution is -1.96. The van der Waals surface area contributed by atoms with E-state index in [0.717, 1.165) is 0 Å². The van der Waals surface area contributed by atoms with Crippen LogP contribution in [0.1, 0.15) is 13.8 Å². The first kappa shape index (κ1) is 16.1. The van der Waals surface area contributed by atoms with Gasteiger partial charge in [-0.3, -0.25) is 0 Å². The predicted molar refractivity (Wildman–Crippen MR) is 73.6 cm³/mol. The average Bonchev–Trinajstić information content (AvgIpc) is 2.36. The number of hydrogen-bond acceptors (Lipinski definition) is 6. The highest BCUT2D eigenvalue weighted by Gasteiger charge is 2.22. The lowest BCUT2D eigenvalue weighted by atomic mass is 10.2. The first-order chi connectivity index (χ1) is 8.08. The van der Waals surface area contributed by atoms with Crippen molar-refractivity contribution in [3.63, 3.8) is 0 Å². The Morgan fingerprint density at radius 2 is 1.12 bits per heavy atom. The molecule has 0 spiro atoms. The van der Waals surface area contributed by atoms with Gasteiger partial charge in [-0.15, -0.1) is 25.3 Å². The predicted octanol–water partition coefficient (Wildman–Crippen LogP) is 3.02. The van der Waals surface area contributed by atoms with E-state index in [1.165, 1.54) is 21.3 Å². The molecule has 4 nitrogen and oxygen atoms in total. The Labute approximate surface area is 113 Å². The minimum atomic E-state index is -0.122. The van der Waals surface area contributed by atoms with Gasteiger partial charge in [-0.05, 0) is 0 Å². The minimum Gasteiger partial charge on any atom is -0.503 e. The second-order valence-electron chi connectivity index (χ2n) is 2.65. The van der Waals surface area contributed by atoms with E-state index in [2.05, 4.69) is 25.3 Å². The molecular weight excluding hydrogens is 260 g/mol. The maximum absolute atomic E-state index is 9.72. The number of phenols is 1. The van der Waals surface area contributed by atoms with Crippen molar-refractivity contribution in [1.82, 2.24) is 0 Å². The first-order valence-corrected chi connectivity index (χ1v) is 5.90. The summed E-state index contributed by atoms with van der Waals surface area (Å²) in [6, 6.07) is 0. The maximum atomic E-state index is 9.72. The van der Waals surface area contributed by atoms with Gasteiger partial charge >= 0.3 is 0 Å². The summed E-state index contributed by atoms with van der Waals surface area (Å²) in [4.78, 5) is 0.621. The minimum absolute atomic E-state index is 0.122. The van der Waals surface area contributed by atoms with Crippen LogP contribution in [0, 0.1) is 0 Å². The molecule has 98 valence electrons. The van der Waals surface area contributed by atoms with Crippen LogP contribution in [0.3, 0.4) is 0 Å². The van der Waals surface area contributed by atoms with Crippen molar-refractivity contribution in [2.75, 3.05) is 21.3 Å². The molecule has 0 aliphatic heterocycles. The van der Waals surface area contributed by atoms with Gasteiger partial charge in [0, 0.05) is 0 Å². The lowest BCUT2D eigenvalue weighted by molar-refractivity contribution is 0.312. The molecule has 0 radical (unpaired) electrons. The zero-order valence-corrected chi connectivity index (χ0v) is 12.4. The normalized spacial score (nSPS) is 9.12. The van der Waals surface area contributed by atoms with E-state index in [9.17, 15) is 5.11 Å². The molecule has 1 N–H and O–H groups in total. The Morgan fingerprint density at radius 1 is 0.765 bits per heavy atom. The van der Waals surface area contributed by atoms with Crippen molar-refractivity contribution in [1.29, 1.82) is 0 Å². The summed E-state index contributed by atoms with van der Waals surface area (Å²) >= 11 is 8.31. The van der Waals surface area contributed by atoms with Gasteiger partial charge in [0.2, 0.25) is 0 Å². The van der Waals surface area contributed by atoms with Crippen LogP contribution >= 0.6 is 25.3 Å². The van der Waals surface area contributed by atoms with Gasteiger partial charge in [-0.1, -0.05) is 13.8 Å². The molecule has 1 aromatic carbocycles. The van der Waals surface area contributed by atoms with E-state index in [-0.39, 0.29) is 16.4 Å². The largest absolute Gasteiger partial charge is 0.503 e. The molecule has 0 amide bonds. The molecule has 0 fully saturated rings. The van der Waals surface area contributed by atoms with Crippen LogP contribution < -0.4 is 14.2 Å². The highest BCUT2D eigenvalue weighted by atomic mass is 32.1. The zero-order valence-electron chi connectivity index (χ0n) is 10.6. The van der Waals surface area contributed by atoms with Crippen LogP contribution in [0.4, 0.5) is 0 Å². The van der Waals surface area contributed by atoms with Crippen LogP contribution in [0.15, 0.2) is 9.79 Å². The average molecular weight is 278 g/mol. The fourth-order valence-corrected chi connectivity index (χ4v) is 1.90. The molecule has 17 heavy (non-hydrogen) atoms. The van der Waals surface area contributed by atoms with Crippen LogP contribution in [-0.4, -0.2) is 26.4 Å². The Morgan fingerprint density at radius 3 is 1.47 bits per heavy atom. The number of benzene rings is 1. The van der Waals surface area contributed by atoms with Crippen molar-refractivity contribution in [2.45, 2.75) is 23.6 Å². The Balaban J connectivity index is 0.00000121. The SMILES string of the molecule is CC.COc1c(O)c(S)c(OC)c(OC)c1S. The first-order valence-electron chi connectivity index (χ1n) is 5.01. The number of ether oxygens (including phenoxy) is 3. The Hall–Kier alpha value is -0.880. The third kappa shape index (κ3) is 3.07. The smallest absolute Gasteiger partial charge is 0.179 e. The van der Waals surface area contributed by atoms with Crippen LogP contribution in [0.5, 0.6) is 23.0 Å². The molecule has 0 aliphatic rings. The van der Waals surface area contributed by atoms with Crippen molar-refractivity contribution in [3.8, 4) is 23.0 Å². The van der Waals surface area contributed by atoms with Gasteiger partial charge < -0.3 is 19.3 Å². The van der Waals surface area contributed by atoms with Crippen LogP contribution in [0.2, 0.25) is 0 Å². The monoisotopic (exact) mass is 278 g/mol. The fourth-order valence-electron chi connectivity index (χ4n) is 1.22. The molecule has 6 heteroatoms. The summed E-state index contributed by atoms with van der Waals surface area (Å²) in [5, 5.41) is 9.72. The van der Waals surface area contributed by atoms with Gasteiger partial charge in [-0.25, -0.2) is 0 Å². The topological polar surface area (TPSA) is 47.9 Å². The van der Waals surface area contributed by atoms with Crippen molar-refractivity contribution in [3.05, 3.63) is 0 Å². The second-order valence-corrected chi connectivity index (χ2v) is 3.54. The summed E-state index contributed by atoms with van der Waals surface area (Å²) < 4.78 is 15.2. The van der Waals surface area contributed by atoms with Crippen molar-refractivity contribution >= 4 is 25.3 Å². The van der Waals surface area contributed by atoms with Crippen molar-refractivity contribution in [2.24, 2.45) is 0 Å². The number of phenolic OH excluding ortho intramolecular Hbond substituents is 1. The summed E-state index contributed by atoms with van der Waals surface area (Å²) in [5.74, 6) is 0.786. The molecule has 0 saturated carbocycles. The van der Waals surface area contributed by atoms with E-state index < -0.39 is 0 Å². The second kappa shape index (κ2) is 7.45. The van der Waals surface area contributed by atoms with Crippen molar-refractivity contribution < 1.29 is 19.3 Å². The highest BCUT2D eigenvalue weighted by molar-refractivity contribution is 7.81. The molecular formula is C11H18O4S2. The van der Waals surface area contributed by atoms with E-state index in [4.69, 9.17) is 14.2 Å². The lowest BCUT2D eigenvalue weighted by Gasteiger charge is -2.16. The van der Waals surface area contributed by atoms with E-state index in [1.54, 1.807) is 0 Å². The zero-order chi connectivity index (χ0) is 13.6. The summed E-state index contributed by atoms with van der Waals surface area (Å²) in [7, 11) is 4.35. The molecule has 0 bridgehead atoms. The number of aromatic hydroxyl groups is 1. The van der Waals surface area contributed by atoms with Crippen LogP contribution in [-0.2, 0) is 0 Å². The molecule has 0 aliphatic carbocycles. The molecule has 1 aromatic rings. The van der Waals surface area contributed by atoms with Gasteiger partial charge in [0.05, 0.1) is 31.1 Å². The van der Waals surface area contributed by atoms with Gasteiger partial charge in [0.25, 0.3) is 0 Å². The summed E-state index contributed by atoms with van der Waals surface area (Å²) in [6.45, 7) is 4.00. The summed E-state index contributed by atoms with van der Waals surface area (Å²) in [5.41, 5.74) is 0. The molecule has 0 heterocycles. The molecule has 0 unspecified atom stereocenters. The number of thiol groups is 2. The summed E-state index contributed by atoms with van der Waals surface area (Å²) in [6.07, 6.45) is 0. The molecule has 0 aromatic heterocycles. The van der Waals surface area contributed by atoms with Gasteiger partial charge in [0.1, 0.15) is 0 Å². The van der Waals surface area contributed by atoms with E-state index in [0.29, 0.717) is 16.4 Å². The highest BCUT2D eigenvalue weighted by Crippen LogP contribution is 2.51. The number of methoxy groups -OCH3 is 3. The standard InChI is InChI=1S/C9H12O4S2.C2H6/c1-11-5-4(10)8(14)6(12-2)7(13-3)9(5)15;1-2/h10,14-15H,1-3H3;1-2H3. The quantitative estimate of drug-likeness (QED) is 0.744. The van der Waals surface area contributed by atoms with Gasteiger partial charge in [-0.2, -0.15) is 0 Å². The van der Waals surface area contributed by atoms with E-state index in [1.807, 2.05) is 13.8 Å². The molecule has 0 saturated heterocycles. The maximum Gasteiger partial charge on any atom is 0.179 e. The Bertz CT molecular complexity index is 380. The third-order valence-corrected chi connectivity index (χ3v) is 2.72. The number of rotatable bonds is 3. The molecule has 0 atom stereocenters.